The summed E-state index contributed by atoms with van der Waals surface area (Å²) in [6, 6.07) is 4.00. The van der Waals surface area contributed by atoms with Gasteiger partial charge in [0.25, 0.3) is 0 Å². The normalized spacial score (nSPS) is 12.9. The monoisotopic (exact) mass is 267 g/mol. The second kappa shape index (κ2) is 5.59. The molecule has 0 saturated carbocycles. The standard InChI is InChI=1S/C13H18ClN3O/c1-4-10-13(14)11(17(3)16-10)8-15-9(2)12-6-5-7-18-12/h5-7,9,15H,4,8H2,1-3H3. The van der Waals surface area contributed by atoms with Crippen LogP contribution >= 0.6 is 11.6 Å². The first-order chi connectivity index (χ1) is 8.63. The van der Waals surface area contributed by atoms with Gasteiger partial charge in [0.15, 0.2) is 0 Å². The number of nitrogens with zero attached hydrogens (tertiary/aromatic N) is 2. The lowest BCUT2D eigenvalue weighted by Crippen LogP contribution is -2.19. The molecule has 0 aliphatic heterocycles. The van der Waals surface area contributed by atoms with Crippen molar-refractivity contribution in [2.24, 2.45) is 7.05 Å². The van der Waals surface area contributed by atoms with Gasteiger partial charge >= 0.3 is 0 Å². The first kappa shape index (κ1) is 13.2. The van der Waals surface area contributed by atoms with Crippen molar-refractivity contribution >= 4 is 11.6 Å². The Labute approximate surface area is 112 Å². The zero-order chi connectivity index (χ0) is 13.1. The predicted molar refractivity (Wildman–Crippen MR) is 71.6 cm³/mol. The molecule has 1 atom stereocenters. The number of rotatable bonds is 5. The minimum atomic E-state index is 0.149. The van der Waals surface area contributed by atoms with Gasteiger partial charge in [0.05, 0.1) is 28.7 Å². The molecule has 0 fully saturated rings. The first-order valence-electron chi connectivity index (χ1n) is 6.10. The van der Waals surface area contributed by atoms with Crippen LogP contribution in [0.3, 0.4) is 0 Å². The third-order valence-electron chi connectivity index (χ3n) is 3.05. The van der Waals surface area contributed by atoms with Crippen molar-refractivity contribution < 1.29 is 4.42 Å². The molecule has 98 valence electrons. The number of hydrogen-bond donors (Lipinski definition) is 1. The largest absolute Gasteiger partial charge is 0.468 e. The molecule has 2 heterocycles. The molecule has 18 heavy (non-hydrogen) atoms. The molecule has 0 aliphatic carbocycles. The summed E-state index contributed by atoms with van der Waals surface area (Å²) >= 11 is 6.29. The van der Waals surface area contributed by atoms with E-state index in [1.807, 2.05) is 23.9 Å². The fourth-order valence-electron chi connectivity index (χ4n) is 1.90. The fraction of sp³-hybridized carbons (Fsp3) is 0.462. The summed E-state index contributed by atoms with van der Waals surface area (Å²) in [7, 11) is 1.92. The summed E-state index contributed by atoms with van der Waals surface area (Å²) in [6.07, 6.45) is 2.53. The molecule has 4 nitrogen and oxygen atoms in total. The lowest BCUT2D eigenvalue weighted by Gasteiger charge is -2.11. The van der Waals surface area contributed by atoms with Crippen LogP contribution in [0.5, 0.6) is 0 Å². The summed E-state index contributed by atoms with van der Waals surface area (Å²) in [5, 5.41) is 8.54. The van der Waals surface area contributed by atoms with Crippen molar-refractivity contribution in [3.8, 4) is 0 Å². The highest BCUT2D eigenvalue weighted by Crippen LogP contribution is 2.21. The van der Waals surface area contributed by atoms with E-state index in [0.29, 0.717) is 6.54 Å². The molecule has 0 radical (unpaired) electrons. The Kier molecular flexibility index (Phi) is 4.09. The maximum Gasteiger partial charge on any atom is 0.120 e. The number of furan rings is 1. The molecule has 1 N–H and O–H groups in total. The quantitative estimate of drug-likeness (QED) is 0.905. The Hall–Kier alpha value is -1.26. The van der Waals surface area contributed by atoms with Gasteiger partial charge in [-0.3, -0.25) is 4.68 Å². The molecule has 0 saturated heterocycles. The number of aromatic nitrogens is 2. The molecule has 2 aromatic heterocycles. The molecule has 5 heteroatoms. The van der Waals surface area contributed by atoms with Crippen LogP contribution in [0.2, 0.25) is 5.02 Å². The molecule has 0 spiro atoms. The Morgan fingerprint density at radius 1 is 1.56 bits per heavy atom. The van der Waals surface area contributed by atoms with Gasteiger partial charge in [0.2, 0.25) is 0 Å². The summed E-state index contributed by atoms with van der Waals surface area (Å²) in [5.74, 6) is 0.920. The highest BCUT2D eigenvalue weighted by atomic mass is 35.5. The molecule has 2 rings (SSSR count). The van der Waals surface area contributed by atoms with Gasteiger partial charge in [0.1, 0.15) is 5.76 Å². The van der Waals surface area contributed by atoms with E-state index in [4.69, 9.17) is 16.0 Å². The second-order valence-electron chi connectivity index (χ2n) is 4.30. The van der Waals surface area contributed by atoms with Crippen molar-refractivity contribution in [1.29, 1.82) is 0 Å². The highest BCUT2D eigenvalue weighted by Gasteiger charge is 2.14. The lowest BCUT2D eigenvalue weighted by atomic mass is 10.2. The zero-order valence-corrected chi connectivity index (χ0v) is 11.7. The Balaban J connectivity index is 2.04. The van der Waals surface area contributed by atoms with E-state index in [1.54, 1.807) is 6.26 Å². The van der Waals surface area contributed by atoms with E-state index in [-0.39, 0.29) is 6.04 Å². The van der Waals surface area contributed by atoms with E-state index >= 15 is 0 Å². The van der Waals surface area contributed by atoms with E-state index in [2.05, 4.69) is 24.3 Å². The van der Waals surface area contributed by atoms with Crippen molar-refractivity contribution in [1.82, 2.24) is 15.1 Å². The van der Waals surface area contributed by atoms with Crippen molar-refractivity contribution in [3.05, 3.63) is 40.6 Å². The first-order valence-corrected chi connectivity index (χ1v) is 6.48. The van der Waals surface area contributed by atoms with Gasteiger partial charge in [-0.05, 0) is 25.5 Å². The van der Waals surface area contributed by atoms with Crippen LogP contribution in [0.25, 0.3) is 0 Å². The van der Waals surface area contributed by atoms with Crippen molar-refractivity contribution in [2.75, 3.05) is 0 Å². The average Bonchev–Trinajstić information content (AvgIpc) is 2.96. The Bertz CT molecular complexity index is 505. The zero-order valence-electron chi connectivity index (χ0n) is 10.9. The van der Waals surface area contributed by atoms with Crippen LogP contribution in [-0.2, 0) is 20.0 Å². The maximum atomic E-state index is 6.29. The minimum absolute atomic E-state index is 0.149. The summed E-state index contributed by atoms with van der Waals surface area (Å²) in [6.45, 7) is 4.78. The van der Waals surface area contributed by atoms with Crippen LogP contribution in [0.4, 0.5) is 0 Å². The Morgan fingerprint density at radius 2 is 2.33 bits per heavy atom. The highest BCUT2D eigenvalue weighted by molar-refractivity contribution is 6.31. The van der Waals surface area contributed by atoms with Gasteiger partial charge in [-0.25, -0.2) is 0 Å². The van der Waals surface area contributed by atoms with Crippen LogP contribution in [-0.4, -0.2) is 9.78 Å². The number of aryl methyl sites for hydroxylation is 2. The summed E-state index contributed by atoms with van der Waals surface area (Å²) in [4.78, 5) is 0. The predicted octanol–water partition coefficient (Wildman–Crippen LogP) is 3.08. The van der Waals surface area contributed by atoms with Gasteiger partial charge < -0.3 is 9.73 Å². The molecule has 2 aromatic rings. The van der Waals surface area contributed by atoms with E-state index in [9.17, 15) is 0 Å². The van der Waals surface area contributed by atoms with Gasteiger partial charge in [-0.2, -0.15) is 5.10 Å². The molecular weight excluding hydrogens is 250 g/mol. The number of halogens is 1. The second-order valence-corrected chi connectivity index (χ2v) is 4.68. The van der Waals surface area contributed by atoms with Crippen LogP contribution < -0.4 is 5.32 Å². The third kappa shape index (κ3) is 2.60. The molecule has 1 unspecified atom stereocenters. The molecule has 0 bridgehead atoms. The van der Waals surface area contributed by atoms with Gasteiger partial charge in [-0.15, -0.1) is 0 Å². The SMILES string of the molecule is CCc1nn(C)c(CNC(C)c2ccco2)c1Cl. The topological polar surface area (TPSA) is 43.0 Å². The molecule has 0 aliphatic rings. The van der Waals surface area contributed by atoms with Gasteiger partial charge in [0, 0.05) is 13.6 Å². The summed E-state index contributed by atoms with van der Waals surface area (Å²) < 4.78 is 7.19. The van der Waals surface area contributed by atoms with Crippen molar-refractivity contribution in [2.45, 2.75) is 32.9 Å². The van der Waals surface area contributed by atoms with E-state index in [1.165, 1.54) is 0 Å². The maximum absolute atomic E-state index is 6.29. The fourth-order valence-corrected chi connectivity index (χ4v) is 2.26. The lowest BCUT2D eigenvalue weighted by molar-refractivity contribution is 0.426. The smallest absolute Gasteiger partial charge is 0.120 e. The molecular formula is C13H18ClN3O. The van der Waals surface area contributed by atoms with Crippen LogP contribution in [0, 0.1) is 0 Å². The Morgan fingerprint density at radius 3 is 2.89 bits per heavy atom. The number of nitrogens with one attached hydrogen (secondary N) is 1. The minimum Gasteiger partial charge on any atom is -0.468 e. The third-order valence-corrected chi connectivity index (χ3v) is 3.48. The van der Waals surface area contributed by atoms with Crippen LogP contribution in [0.15, 0.2) is 22.8 Å². The van der Waals surface area contributed by atoms with E-state index in [0.717, 1.165) is 28.6 Å². The van der Waals surface area contributed by atoms with Crippen LogP contribution in [0.1, 0.15) is 37.0 Å². The van der Waals surface area contributed by atoms with E-state index < -0.39 is 0 Å². The average molecular weight is 268 g/mol. The molecule has 0 amide bonds. The number of hydrogen-bond acceptors (Lipinski definition) is 3. The summed E-state index contributed by atoms with van der Waals surface area (Å²) in [5.41, 5.74) is 1.95. The van der Waals surface area contributed by atoms with Gasteiger partial charge in [-0.1, -0.05) is 18.5 Å². The van der Waals surface area contributed by atoms with Crippen molar-refractivity contribution in [3.63, 3.8) is 0 Å². The molecule has 0 aromatic carbocycles.